The van der Waals surface area contributed by atoms with Crippen molar-refractivity contribution in [2.24, 2.45) is 0 Å². The lowest BCUT2D eigenvalue weighted by Crippen LogP contribution is -2.24. The molecule has 0 fully saturated rings. The predicted octanol–water partition coefficient (Wildman–Crippen LogP) is 1.67. The Bertz CT molecular complexity index is 945. The summed E-state index contributed by atoms with van der Waals surface area (Å²) in [6.45, 7) is 1.59. The van der Waals surface area contributed by atoms with Crippen LogP contribution < -0.4 is 5.56 Å². The maximum atomic E-state index is 12.4. The van der Waals surface area contributed by atoms with E-state index >= 15 is 0 Å². The van der Waals surface area contributed by atoms with E-state index < -0.39 is 11.5 Å². The second kappa shape index (κ2) is 5.27. The number of hydrogen-bond donors (Lipinski definition) is 2. The molecule has 2 N–H and O–H groups in total. The molecule has 1 aromatic carbocycles. The molecule has 0 spiro atoms. The third kappa shape index (κ3) is 2.35. The van der Waals surface area contributed by atoms with Gasteiger partial charge >= 0.3 is 5.97 Å². The van der Waals surface area contributed by atoms with Crippen molar-refractivity contribution in [2.75, 3.05) is 0 Å². The van der Waals surface area contributed by atoms with E-state index in [1.807, 2.05) is 0 Å². The summed E-state index contributed by atoms with van der Waals surface area (Å²) in [5.74, 6) is -0.526. The van der Waals surface area contributed by atoms with Crippen molar-refractivity contribution < 1.29 is 9.90 Å². The molecular weight excluding hydrogens is 308 g/mol. The third-order valence-electron chi connectivity index (χ3n) is 3.25. The Kier molecular flexibility index (Phi) is 3.42. The number of hydrogen-bond acceptors (Lipinski definition) is 4. The summed E-state index contributed by atoms with van der Waals surface area (Å²) >= 11 is 6.11. The topological polar surface area (TPSA) is 100 Å². The van der Waals surface area contributed by atoms with E-state index in [-0.39, 0.29) is 17.8 Å². The predicted molar refractivity (Wildman–Crippen MR) is 80.1 cm³/mol. The van der Waals surface area contributed by atoms with Crippen LogP contribution in [0, 0.1) is 6.92 Å². The first kappa shape index (κ1) is 14.3. The Hall–Kier alpha value is -2.67. The number of H-pyrrole nitrogens is 1. The molecule has 22 heavy (non-hydrogen) atoms. The number of aromatic nitrogens is 4. The first-order valence-corrected chi connectivity index (χ1v) is 6.80. The minimum Gasteiger partial charge on any atom is -0.481 e. The van der Waals surface area contributed by atoms with Crippen LogP contribution >= 0.6 is 11.6 Å². The average molecular weight is 319 g/mol. The van der Waals surface area contributed by atoms with Gasteiger partial charge in [-0.05, 0) is 19.1 Å². The van der Waals surface area contributed by atoms with Gasteiger partial charge in [-0.15, -0.1) is 0 Å². The number of carbonyl (C=O) groups is 1. The molecule has 0 aliphatic rings. The van der Waals surface area contributed by atoms with E-state index in [0.717, 1.165) is 4.52 Å². The highest BCUT2D eigenvalue weighted by Gasteiger charge is 2.16. The number of rotatable bonds is 3. The largest absolute Gasteiger partial charge is 0.481 e. The molecule has 0 aliphatic heterocycles. The average Bonchev–Trinajstić information content (AvgIpc) is 2.87. The van der Waals surface area contributed by atoms with Gasteiger partial charge < -0.3 is 5.11 Å². The summed E-state index contributed by atoms with van der Waals surface area (Å²) in [6.07, 6.45) is -0.388. The minimum atomic E-state index is -1.09. The first-order valence-electron chi connectivity index (χ1n) is 6.42. The molecule has 0 bridgehead atoms. The molecule has 0 saturated heterocycles. The van der Waals surface area contributed by atoms with Crippen LogP contribution in [0.2, 0.25) is 5.02 Å². The minimum absolute atomic E-state index is 0.124. The molecule has 0 aliphatic carbocycles. The maximum Gasteiger partial charge on any atom is 0.308 e. The number of carboxylic acids is 1. The maximum absolute atomic E-state index is 12.4. The summed E-state index contributed by atoms with van der Waals surface area (Å²) in [5, 5.41) is 12.2. The molecular formula is C14H11ClN4O3. The van der Waals surface area contributed by atoms with Crippen LogP contribution in [-0.4, -0.2) is 30.7 Å². The molecule has 112 valence electrons. The van der Waals surface area contributed by atoms with Crippen LogP contribution in [0.1, 0.15) is 11.3 Å². The normalized spacial score (nSPS) is 11.0. The van der Waals surface area contributed by atoms with E-state index in [4.69, 9.17) is 16.7 Å². The Morgan fingerprint density at radius 3 is 2.77 bits per heavy atom. The van der Waals surface area contributed by atoms with Crippen molar-refractivity contribution in [3.05, 3.63) is 50.9 Å². The zero-order valence-corrected chi connectivity index (χ0v) is 12.3. The quantitative estimate of drug-likeness (QED) is 0.765. The first-order chi connectivity index (χ1) is 10.5. The Balaban J connectivity index is 2.23. The standard InChI is InChI=1S/C14H11ClN4O3/c1-7-9(6-11(20)21)13(22)19-14(16-7)17-12(18-19)8-4-2-3-5-10(8)15/h2-5H,6H2,1H3,(H,20,21)(H,16,17,18). The van der Waals surface area contributed by atoms with E-state index in [1.165, 1.54) is 0 Å². The van der Waals surface area contributed by atoms with Crippen molar-refractivity contribution >= 4 is 23.3 Å². The van der Waals surface area contributed by atoms with Crippen LogP contribution in [-0.2, 0) is 11.2 Å². The number of nitrogens with zero attached hydrogens (tertiary/aromatic N) is 3. The number of benzene rings is 1. The van der Waals surface area contributed by atoms with Crippen molar-refractivity contribution in [3.8, 4) is 11.4 Å². The number of aryl methyl sites for hydroxylation is 1. The zero-order valence-electron chi connectivity index (χ0n) is 11.5. The highest BCUT2D eigenvalue weighted by molar-refractivity contribution is 6.33. The Labute approximate surface area is 129 Å². The number of nitrogens with one attached hydrogen (secondary N) is 1. The molecule has 0 amide bonds. The summed E-state index contributed by atoms with van der Waals surface area (Å²) < 4.78 is 1.13. The number of fused-ring (bicyclic) bond motifs is 1. The van der Waals surface area contributed by atoms with Gasteiger partial charge in [-0.3, -0.25) is 14.7 Å². The summed E-state index contributed by atoms with van der Waals surface area (Å²) in [5.41, 5.74) is 0.631. The number of halogens is 1. The Morgan fingerprint density at radius 2 is 2.09 bits per heavy atom. The van der Waals surface area contributed by atoms with Gasteiger partial charge in [0, 0.05) is 5.56 Å². The van der Waals surface area contributed by atoms with E-state index in [2.05, 4.69) is 15.1 Å². The lowest BCUT2D eigenvalue weighted by Gasteiger charge is -2.01. The van der Waals surface area contributed by atoms with Gasteiger partial charge in [0.1, 0.15) is 0 Å². The fourth-order valence-electron chi connectivity index (χ4n) is 2.18. The molecule has 0 saturated carbocycles. The van der Waals surface area contributed by atoms with E-state index in [9.17, 15) is 9.59 Å². The van der Waals surface area contributed by atoms with Crippen molar-refractivity contribution in [1.82, 2.24) is 19.6 Å². The van der Waals surface area contributed by atoms with Gasteiger partial charge in [-0.2, -0.15) is 9.50 Å². The van der Waals surface area contributed by atoms with Crippen LogP contribution in [0.25, 0.3) is 17.2 Å². The molecule has 3 aromatic rings. The van der Waals surface area contributed by atoms with Gasteiger partial charge in [0.25, 0.3) is 11.3 Å². The van der Waals surface area contributed by atoms with E-state index in [0.29, 0.717) is 22.1 Å². The van der Waals surface area contributed by atoms with Gasteiger partial charge in [0.15, 0.2) is 5.82 Å². The Morgan fingerprint density at radius 1 is 1.36 bits per heavy atom. The fourth-order valence-corrected chi connectivity index (χ4v) is 2.41. The lowest BCUT2D eigenvalue weighted by molar-refractivity contribution is -0.136. The van der Waals surface area contributed by atoms with Gasteiger partial charge in [0.05, 0.1) is 22.7 Å². The van der Waals surface area contributed by atoms with Gasteiger partial charge in [-0.1, -0.05) is 23.7 Å². The van der Waals surface area contributed by atoms with Crippen molar-refractivity contribution in [2.45, 2.75) is 13.3 Å². The second-order valence-electron chi connectivity index (χ2n) is 4.74. The number of aliphatic carboxylic acids is 1. The van der Waals surface area contributed by atoms with Crippen molar-refractivity contribution in [3.63, 3.8) is 0 Å². The van der Waals surface area contributed by atoms with Crippen LogP contribution in [0.5, 0.6) is 0 Å². The number of carboxylic acid groups (broad SMARTS) is 1. The van der Waals surface area contributed by atoms with Gasteiger partial charge in [-0.25, -0.2) is 4.98 Å². The molecule has 0 atom stereocenters. The smallest absolute Gasteiger partial charge is 0.308 e. The highest BCUT2D eigenvalue weighted by Crippen LogP contribution is 2.24. The third-order valence-corrected chi connectivity index (χ3v) is 3.58. The second-order valence-corrected chi connectivity index (χ2v) is 5.15. The molecule has 0 unspecified atom stereocenters. The molecule has 2 aromatic heterocycles. The van der Waals surface area contributed by atoms with Crippen LogP contribution in [0.15, 0.2) is 29.1 Å². The lowest BCUT2D eigenvalue weighted by atomic mass is 10.2. The fraction of sp³-hybridized carbons (Fsp3) is 0.143. The summed E-state index contributed by atoms with van der Waals surface area (Å²) in [6, 6.07) is 7.05. The molecule has 3 rings (SSSR count). The number of aromatic amines is 1. The molecule has 8 heteroatoms. The summed E-state index contributed by atoms with van der Waals surface area (Å²) in [4.78, 5) is 31.7. The van der Waals surface area contributed by atoms with Gasteiger partial charge in [0.2, 0.25) is 0 Å². The van der Waals surface area contributed by atoms with Crippen LogP contribution in [0.4, 0.5) is 0 Å². The summed E-state index contributed by atoms with van der Waals surface area (Å²) in [7, 11) is 0. The monoisotopic (exact) mass is 318 g/mol. The zero-order chi connectivity index (χ0) is 15.9. The highest BCUT2D eigenvalue weighted by atomic mass is 35.5. The SMILES string of the molecule is Cc1nc2nc(-c3ccccc3Cl)[nH]n2c(=O)c1CC(=O)O. The molecule has 2 heterocycles. The van der Waals surface area contributed by atoms with E-state index in [1.54, 1.807) is 31.2 Å². The van der Waals surface area contributed by atoms with Crippen LogP contribution in [0.3, 0.4) is 0 Å². The molecule has 7 nitrogen and oxygen atoms in total. The molecule has 0 radical (unpaired) electrons. The van der Waals surface area contributed by atoms with Crippen molar-refractivity contribution in [1.29, 1.82) is 0 Å².